The van der Waals surface area contributed by atoms with Gasteiger partial charge in [-0.15, -0.1) is 0 Å². The lowest BCUT2D eigenvalue weighted by Gasteiger charge is -2.28. The molecule has 0 saturated carbocycles. The van der Waals surface area contributed by atoms with Crippen LogP contribution in [0.25, 0.3) is 0 Å². The lowest BCUT2D eigenvalue weighted by molar-refractivity contribution is 0.306. The van der Waals surface area contributed by atoms with Crippen LogP contribution in [0.4, 0.5) is 5.82 Å². The summed E-state index contributed by atoms with van der Waals surface area (Å²) in [4.78, 5) is 18.1. The molecule has 0 amide bonds. The Balaban J connectivity index is 1.69. The zero-order valence-corrected chi connectivity index (χ0v) is 13.0. The van der Waals surface area contributed by atoms with Crippen LogP contribution < -0.4 is 15.3 Å². The fourth-order valence-corrected chi connectivity index (χ4v) is 2.72. The first-order chi connectivity index (χ1) is 11.2. The van der Waals surface area contributed by atoms with Crippen molar-refractivity contribution in [3.8, 4) is 11.9 Å². The van der Waals surface area contributed by atoms with Gasteiger partial charge in [0.25, 0.3) is 0 Å². The van der Waals surface area contributed by atoms with Gasteiger partial charge in [-0.1, -0.05) is 12.1 Å². The molecule has 0 saturated heterocycles. The van der Waals surface area contributed by atoms with E-state index in [0.29, 0.717) is 31.0 Å². The number of aromatic nitrogens is 2. The van der Waals surface area contributed by atoms with Crippen molar-refractivity contribution in [2.75, 3.05) is 25.1 Å². The number of ether oxygens (including phenoxy) is 1. The summed E-state index contributed by atoms with van der Waals surface area (Å²) in [6, 6.07) is 11.3. The predicted octanol–water partition coefficient (Wildman–Crippen LogP) is 1.58. The molecule has 1 aromatic carbocycles. The summed E-state index contributed by atoms with van der Waals surface area (Å²) >= 11 is 0. The number of hydrogen-bond donors (Lipinski definition) is 0. The second kappa shape index (κ2) is 6.53. The summed E-state index contributed by atoms with van der Waals surface area (Å²) in [7, 11) is 1.96. The fourth-order valence-electron chi connectivity index (χ4n) is 2.72. The molecule has 0 fully saturated rings. The molecule has 1 aromatic heterocycles. The number of fused-ring (bicyclic) bond motifs is 1. The summed E-state index contributed by atoms with van der Waals surface area (Å²) in [5, 5.41) is 8.90. The smallest absolute Gasteiger partial charge is 0.352 e. The van der Waals surface area contributed by atoms with Crippen molar-refractivity contribution >= 4 is 5.82 Å². The van der Waals surface area contributed by atoms with Gasteiger partial charge in [-0.3, -0.25) is 4.57 Å². The van der Waals surface area contributed by atoms with Gasteiger partial charge in [0.1, 0.15) is 5.82 Å². The highest BCUT2D eigenvalue weighted by atomic mass is 16.5. The quantitative estimate of drug-likeness (QED) is 0.857. The normalized spacial score (nSPS) is 13.3. The van der Waals surface area contributed by atoms with E-state index in [2.05, 4.69) is 11.1 Å². The summed E-state index contributed by atoms with van der Waals surface area (Å²) in [6.45, 7) is 2.03. The third-order valence-corrected chi connectivity index (χ3v) is 3.93. The van der Waals surface area contributed by atoms with Crippen molar-refractivity contribution in [2.45, 2.75) is 19.4 Å². The van der Waals surface area contributed by atoms with Crippen LogP contribution in [-0.2, 0) is 13.0 Å². The molecule has 6 nitrogen and oxygen atoms in total. The summed E-state index contributed by atoms with van der Waals surface area (Å²) in [5.41, 5.74) is 1.39. The van der Waals surface area contributed by atoms with E-state index in [4.69, 9.17) is 10.00 Å². The van der Waals surface area contributed by atoms with Crippen molar-refractivity contribution in [3.05, 3.63) is 51.9 Å². The topological polar surface area (TPSA) is 71.2 Å². The third-order valence-electron chi connectivity index (χ3n) is 3.93. The third kappa shape index (κ3) is 3.34. The number of nitrogens with zero attached hydrogens (tertiary/aromatic N) is 4. The van der Waals surface area contributed by atoms with Crippen LogP contribution in [-0.4, -0.2) is 29.8 Å². The van der Waals surface area contributed by atoms with Crippen LogP contribution in [0.1, 0.15) is 17.5 Å². The Kier molecular flexibility index (Phi) is 4.29. The molecule has 0 N–H and O–H groups in total. The summed E-state index contributed by atoms with van der Waals surface area (Å²) in [6.07, 6.45) is 1.60. The Morgan fingerprint density at radius 1 is 1.35 bits per heavy atom. The van der Waals surface area contributed by atoms with Crippen LogP contribution in [0.2, 0.25) is 0 Å². The molecule has 1 aliphatic heterocycles. The average molecular weight is 310 g/mol. The van der Waals surface area contributed by atoms with Crippen LogP contribution in [0.5, 0.6) is 5.88 Å². The maximum Gasteiger partial charge on any atom is 0.352 e. The molecule has 0 unspecified atom stereocenters. The summed E-state index contributed by atoms with van der Waals surface area (Å²) in [5.74, 6) is 1.20. The van der Waals surface area contributed by atoms with Gasteiger partial charge in [0.15, 0.2) is 0 Å². The largest absolute Gasteiger partial charge is 0.477 e. The standard InChI is InChI=1S/C17H18N4O2/c1-20-7-3-8-21-16(20)11-15(19-17(21)22)23-9-6-13-4-2-5-14(10-13)12-18/h2,4-5,10-11H,3,6-9H2,1H3. The van der Waals surface area contributed by atoms with Crippen molar-refractivity contribution < 1.29 is 4.74 Å². The lowest BCUT2D eigenvalue weighted by atomic mass is 10.1. The zero-order valence-electron chi connectivity index (χ0n) is 13.0. The van der Waals surface area contributed by atoms with Gasteiger partial charge >= 0.3 is 5.69 Å². The van der Waals surface area contributed by atoms with Gasteiger partial charge in [-0.05, 0) is 24.1 Å². The van der Waals surface area contributed by atoms with Gasteiger partial charge in [0.05, 0.1) is 18.2 Å². The van der Waals surface area contributed by atoms with Gasteiger partial charge in [0.2, 0.25) is 5.88 Å². The Morgan fingerprint density at radius 3 is 3.04 bits per heavy atom. The van der Waals surface area contributed by atoms with Crippen LogP contribution in [0.3, 0.4) is 0 Å². The number of nitriles is 1. The highest BCUT2D eigenvalue weighted by Crippen LogP contribution is 2.20. The van der Waals surface area contributed by atoms with Crippen molar-refractivity contribution in [3.63, 3.8) is 0 Å². The molecule has 3 rings (SSSR count). The van der Waals surface area contributed by atoms with E-state index in [0.717, 1.165) is 24.3 Å². The summed E-state index contributed by atoms with van der Waals surface area (Å²) < 4.78 is 7.32. The Bertz CT molecular complexity index is 807. The minimum Gasteiger partial charge on any atom is -0.477 e. The van der Waals surface area contributed by atoms with Gasteiger partial charge < -0.3 is 9.64 Å². The van der Waals surface area contributed by atoms with Crippen molar-refractivity contribution in [1.29, 1.82) is 5.26 Å². The molecular formula is C17H18N4O2. The molecular weight excluding hydrogens is 292 g/mol. The van der Waals surface area contributed by atoms with Crippen LogP contribution in [0.15, 0.2) is 35.1 Å². The van der Waals surface area contributed by atoms with Crippen molar-refractivity contribution in [2.24, 2.45) is 0 Å². The van der Waals surface area contributed by atoms with Crippen LogP contribution in [0, 0.1) is 11.3 Å². The number of rotatable bonds is 4. The monoisotopic (exact) mass is 310 g/mol. The van der Waals surface area contributed by atoms with Gasteiger partial charge in [0, 0.05) is 32.6 Å². The van der Waals surface area contributed by atoms with Gasteiger partial charge in [-0.2, -0.15) is 10.2 Å². The number of hydrogen-bond acceptors (Lipinski definition) is 5. The molecule has 1 aliphatic rings. The van der Waals surface area contributed by atoms with E-state index in [1.165, 1.54) is 0 Å². The predicted molar refractivity (Wildman–Crippen MR) is 86.7 cm³/mol. The highest BCUT2D eigenvalue weighted by Gasteiger charge is 2.16. The molecule has 2 aromatic rings. The average Bonchev–Trinajstić information content (AvgIpc) is 2.56. The Hall–Kier alpha value is -2.81. The minimum atomic E-state index is -0.268. The molecule has 0 radical (unpaired) electrons. The van der Waals surface area contributed by atoms with E-state index in [-0.39, 0.29) is 5.69 Å². The fraction of sp³-hybridized carbons (Fsp3) is 0.353. The molecule has 0 bridgehead atoms. The highest BCUT2D eigenvalue weighted by molar-refractivity contribution is 5.42. The first-order valence-corrected chi connectivity index (χ1v) is 7.62. The zero-order chi connectivity index (χ0) is 16.2. The maximum atomic E-state index is 12.1. The van der Waals surface area contributed by atoms with E-state index in [1.54, 1.807) is 10.6 Å². The Morgan fingerprint density at radius 2 is 2.22 bits per heavy atom. The maximum absolute atomic E-state index is 12.1. The van der Waals surface area contributed by atoms with E-state index < -0.39 is 0 Å². The second-order valence-electron chi connectivity index (χ2n) is 5.57. The van der Waals surface area contributed by atoms with E-state index in [9.17, 15) is 4.79 Å². The lowest BCUT2D eigenvalue weighted by Crippen LogP contribution is -2.36. The Labute approximate surface area is 134 Å². The van der Waals surface area contributed by atoms with Crippen LogP contribution >= 0.6 is 0 Å². The molecule has 0 spiro atoms. The van der Waals surface area contributed by atoms with Gasteiger partial charge in [-0.25, -0.2) is 4.79 Å². The molecule has 118 valence electrons. The number of benzene rings is 1. The molecule has 23 heavy (non-hydrogen) atoms. The number of anilines is 1. The van der Waals surface area contributed by atoms with E-state index in [1.807, 2.05) is 36.2 Å². The molecule has 0 aliphatic carbocycles. The van der Waals surface area contributed by atoms with E-state index >= 15 is 0 Å². The SMILES string of the molecule is CN1CCCn2c1cc(OCCc1cccc(C#N)c1)nc2=O. The molecule has 6 heteroatoms. The minimum absolute atomic E-state index is 0.268. The van der Waals surface area contributed by atoms with Crippen molar-refractivity contribution in [1.82, 2.24) is 9.55 Å². The second-order valence-corrected chi connectivity index (χ2v) is 5.57. The molecule has 2 heterocycles. The molecule has 0 atom stereocenters. The first kappa shape index (κ1) is 15.1. The first-order valence-electron chi connectivity index (χ1n) is 7.62.